The Kier molecular flexibility index (Phi) is 6.76. The van der Waals surface area contributed by atoms with Crippen LogP contribution in [0.3, 0.4) is 0 Å². The molecule has 1 fully saturated rings. The molecule has 8 heteroatoms. The van der Waals surface area contributed by atoms with E-state index in [1.54, 1.807) is 0 Å². The smallest absolute Gasteiger partial charge is 0.306 e. The zero-order valence-electron chi connectivity index (χ0n) is 16.2. The van der Waals surface area contributed by atoms with E-state index in [2.05, 4.69) is 46.5 Å². The van der Waals surface area contributed by atoms with Gasteiger partial charge < -0.3 is 5.32 Å². The summed E-state index contributed by atoms with van der Waals surface area (Å²) in [5, 5.41) is 17.4. The topological polar surface area (TPSA) is 93.3 Å². The van der Waals surface area contributed by atoms with E-state index in [9.17, 15) is 14.9 Å². The maximum Gasteiger partial charge on any atom is 0.306 e. The molecule has 28 heavy (non-hydrogen) atoms. The molecule has 1 N–H and O–H groups in total. The van der Waals surface area contributed by atoms with Gasteiger partial charge in [0.15, 0.2) is 0 Å². The molecule has 1 unspecified atom stereocenters. The molecule has 3 rings (SSSR count). The van der Waals surface area contributed by atoms with Crippen molar-refractivity contribution in [3.8, 4) is 0 Å². The Labute approximate surface area is 164 Å². The van der Waals surface area contributed by atoms with Crippen LogP contribution in [0.25, 0.3) is 0 Å². The molecule has 1 aliphatic rings. The van der Waals surface area contributed by atoms with Gasteiger partial charge in [0.2, 0.25) is 5.91 Å². The predicted molar refractivity (Wildman–Crippen MR) is 106 cm³/mol. The third kappa shape index (κ3) is 5.63. The SMILES string of the molecule is CC1CCCCN1Cc1ccc(CNC(=O)CCn2cc([N+](=O)[O-])cn2)cc1. The highest BCUT2D eigenvalue weighted by Crippen LogP contribution is 2.19. The summed E-state index contributed by atoms with van der Waals surface area (Å²) in [6.07, 6.45) is 6.62. The van der Waals surface area contributed by atoms with Crippen molar-refractivity contribution >= 4 is 11.6 Å². The number of carbonyl (C=O) groups is 1. The van der Waals surface area contributed by atoms with Gasteiger partial charge >= 0.3 is 5.69 Å². The van der Waals surface area contributed by atoms with Gasteiger partial charge in [0.1, 0.15) is 12.4 Å². The number of piperidine rings is 1. The number of aryl methyl sites for hydroxylation is 1. The van der Waals surface area contributed by atoms with Crippen molar-refractivity contribution in [2.24, 2.45) is 0 Å². The van der Waals surface area contributed by atoms with Gasteiger partial charge in [-0.25, -0.2) is 0 Å². The van der Waals surface area contributed by atoms with E-state index >= 15 is 0 Å². The van der Waals surface area contributed by atoms with Crippen LogP contribution < -0.4 is 5.32 Å². The summed E-state index contributed by atoms with van der Waals surface area (Å²) in [5.41, 5.74) is 2.28. The minimum Gasteiger partial charge on any atom is -0.352 e. The Morgan fingerprint density at radius 2 is 2.04 bits per heavy atom. The van der Waals surface area contributed by atoms with Crippen molar-refractivity contribution in [1.29, 1.82) is 0 Å². The van der Waals surface area contributed by atoms with Crippen LogP contribution in [0.1, 0.15) is 43.7 Å². The van der Waals surface area contributed by atoms with E-state index in [-0.39, 0.29) is 18.0 Å². The largest absolute Gasteiger partial charge is 0.352 e. The molecular formula is C20H27N5O3. The highest BCUT2D eigenvalue weighted by atomic mass is 16.6. The van der Waals surface area contributed by atoms with Gasteiger partial charge in [-0.3, -0.25) is 24.5 Å². The quantitative estimate of drug-likeness (QED) is 0.557. The van der Waals surface area contributed by atoms with E-state index < -0.39 is 4.92 Å². The van der Waals surface area contributed by atoms with Crippen LogP contribution in [0.15, 0.2) is 36.7 Å². The van der Waals surface area contributed by atoms with Crippen LogP contribution in [0, 0.1) is 10.1 Å². The van der Waals surface area contributed by atoms with Gasteiger partial charge in [0.05, 0.1) is 4.92 Å². The summed E-state index contributed by atoms with van der Waals surface area (Å²) in [7, 11) is 0. The number of nitro groups is 1. The molecule has 1 aliphatic heterocycles. The highest BCUT2D eigenvalue weighted by Gasteiger charge is 2.18. The molecular weight excluding hydrogens is 358 g/mol. The fourth-order valence-corrected chi connectivity index (χ4v) is 3.46. The molecule has 1 aromatic heterocycles. The maximum absolute atomic E-state index is 12.0. The van der Waals surface area contributed by atoms with E-state index in [1.165, 1.54) is 48.4 Å². The standard InChI is InChI=1S/C20H27N5O3/c1-16-4-2-3-10-23(16)14-18-7-5-17(6-8-18)12-21-20(26)9-11-24-15-19(13-22-24)25(27)28/h5-8,13,15-16H,2-4,9-12,14H2,1H3,(H,21,26). The summed E-state index contributed by atoms with van der Waals surface area (Å²) in [6.45, 7) is 5.22. The van der Waals surface area contributed by atoms with Crippen molar-refractivity contribution in [3.05, 3.63) is 57.9 Å². The molecule has 0 saturated carbocycles. The number of nitrogens with one attached hydrogen (secondary N) is 1. The lowest BCUT2D eigenvalue weighted by Crippen LogP contribution is -2.36. The summed E-state index contributed by atoms with van der Waals surface area (Å²) in [4.78, 5) is 24.7. The van der Waals surface area contributed by atoms with E-state index in [4.69, 9.17) is 0 Å². The number of aromatic nitrogens is 2. The van der Waals surface area contributed by atoms with E-state index in [0.717, 1.165) is 12.1 Å². The van der Waals surface area contributed by atoms with Crippen LogP contribution in [-0.4, -0.2) is 38.1 Å². The van der Waals surface area contributed by atoms with Gasteiger partial charge in [-0.2, -0.15) is 5.10 Å². The average molecular weight is 385 g/mol. The lowest BCUT2D eigenvalue weighted by atomic mass is 10.0. The van der Waals surface area contributed by atoms with Crippen molar-refractivity contribution in [2.45, 2.75) is 58.3 Å². The fraction of sp³-hybridized carbons (Fsp3) is 0.500. The number of hydrogen-bond donors (Lipinski definition) is 1. The fourth-order valence-electron chi connectivity index (χ4n) is 3.46. The van der Waals surface area contributed by atoms with Crippen LogP contribution in [0.2, 0.25) is 0 Å². The number of rotatable bonds is 8. The first-order chi connectivity index (χ1) is 13.5. The van der Waals surface area contributed by atoms with Gasteiger partial charge in [-0.15, -0.1) is 0 Å². The Bertz CT molecular complexity index is 802. The van der Waals surface area contributed by atoms with Gasteiger partial charge in [-0.1, -0.05) is 30.7 Å². The highest BCUT2D eigenvalue weighted by molar-refractivity contribution is 5.75. The molecule has 1 aromatic carbocycles. The number of carbonyl (C=O) groups excluding carboxylic acids is 1. The summed E-state index contributed by atoms with van der Waals surface area (Å²) < 4.78 is 1.41. The molecule has 0 spiro atoms. The molecule has 0 aliphatic carbocycles. The second-order valence-corrected chi connectivity index (χ2v) is 7.38. The Morgan fingerprint density at radius 1 is 1.29 bits per heavy atom. The van der Waals surface area contributed by atoms with Crippen molar-refractivity contribution in [1.82, 2.24) is 20.0 Å². The molecule has 1 amide bonds. The number of nitrogens with zero attached hydrogens (tertiary/aromatic N) is 4. The molecule has 2 heterocycles. The monoisotopic (exact) mass is 385 g/mol. The molecule has 8 nitrogen and oxygen atoms in total. The third-order valence-corrected chi connectivity index (χ3v) is 5.24. The zero-order chi connectivity index (χ0) is 19.9. The van der Waals surface area contributed by atoms with E-state index in [1.807, 2.05) is 0 Å². The Hall–Kier alpha value is -2.74. The molecule has 0 bridgehead atoms. The molecule has 150 valence electrons. The number of likely N-dealkylation sites (tertiary alicyclic amines) is 1. The van der Waals surface area contributed by atoms with Crippen molar-refractivity contribution < 1.29 is 9.72 Å². The lowest BCUT2D eigenvalue weighted by Gasteiger charge is -2.33. The van der Waals surface area contributed by atoms with Crippen molar-refractivity contribution in [3.63, 3.8) is 0 Å². The van der Waals surface area contributed by atoms with Crippen molar-refractivity contribution in [2.75, 3.05) is 6.54 Å². The van der Waals surface area contributed by atoms with Gasteiger partial charge in [0, 0.05) is 32.1 Å². The Balaban J connectivity index is 1.41. The summed E-state index contributed by atoms with van der Waals surface area (Å²) in [5.74, 6) is -0.107. The van der Waals surface area contributed by atoms with E-state index in [0.29, 0.717) is 19.1 Å². The maximum atomic E-state index is 12.0. The first-order valence-corrected chi connectivity index (χ1v) is 9.76. The second kappa shape index (κ2) is 9.45. The molecule has 1 atom stereocenters. The minimum atomic E-state index is -0.501. The zero-order valence-corrected chi connectivity index (χ0v) is 16.2. The number of amides is 1. The molecule has 0 radical (unpaired) electrons. The summed E-state index contributed by atoms with van der Waals surface area (Å²) in [6, 6.07) is 9.02. The van der Waals surface area contributed by atoms with Crippen LogP contribution in [-0.2, 0) is 24.4 Å². The molecule has 1 saturated heterocycles. The van der Waals surface area contributed by atoms with Crippen LogP contribution >= 0.6 is 0 Å². The lowest BCUT2D eigenvalue weighted by molar-refractivity contribution is -0.385. The van der Waals surface area contributed by atoms with Crippen LogP contribution in [0.4, 0.5) is 5.69 Å². The number of hydrogen-bond acceptors (Lipinski definition) is 5. The first kappa shape index (κ1) is 20.0. The second-order valence-electron chi connectivity index (χ2n) is 7.38. The van der Waals surface area contributed by atoms with Gasteiger partial charge in [0.25, 0.3) is 0 Å². The average Bonchev–Trinajstić information content (AvgIpc) is 3.17. The summed E-state index contributed by atoms with van der Waals surface area (Å²) >= 11 is 0. The first-order valence-electron chi connectivity index (χ1n) is 9.76. The van der Waals surface area contributed by atoms with Gasteiger partial charge in [-0.05, 0) is 37.4 Å². The number of benzene rings is 1. The Morgan fingerprint density at radius 3 is 2.71 bits per heavy atom. The third-order valence-electron chi connectivity index (χ3n) is 5.24. The van der Waals surface area contributed by atoms with Crippen LogP contribution in [0.5, 0.6) is 0 Å². The minimum absolute atomic E-state index is 0.0700. The predicted octanol–water partition coefficient (Wildman–Crippen LogP) is 2.87. The normalized spacial score (nSPS) is 17.4. The molecule has 2 aromatic rings.